The van der Waals surface area contributed by atoms with Crippen molar-refractivity contribution >= 4 is 27.2 Å². The van der Waals surface area contributed by atoms with Gasteiger partial charge in [-0.2, -0.15) is 0 Å². The summed E-state index contributed by atoms with van der Waals surface area (Å²) in [6, 6.07) is 16.6. The van der Waals surface area contributed by atoms with Crippen molar-refractivity contribution in [2.24, 2.45) is 0 Å². The Balaban J connectivity index is 2.40. The maximum atomic E-state index is 5.92. The quantitative estimate of drug-likeness (QED) is 0.505. The normalized spacial score (nSPS) is 10.9. The first-order valence-electron chi connectivity index (χ1n) is 5.54. The van der Waals surface area contributed by atoms with Crippen molar-refractivity contribution in [3.63, 3.8) is 0 Å². The summed E-state index contributed by atoms with van der Waals surface area (Å²) in [5.74, 6) is 0.729. The van der Waals surface area contributed by atoms with Crippen LogP contribution in [0.25, 0.3) is 21.5 Å². The zero-order chi connectivity index (χ0) is 11.8. The molecule has 3 aromatic rings. The van der Waals surface area contributed by atoms with E-state index in [0.29, 0.717) is 5.69 Å². The van der Waals surface area contributed by atoms with Gasteiger partial charge in [-0.1, -0.05) is 24.3 Å². The van der Waals surface area contributed by atoms with Crippen LogP contribution in [0.5, 0.6) is 5.75 Å². The van der Waals surface area contributed by atoms with Crippen LogP contribution in [0.2, 0.25) is 0 Å². The zero-order valence-corrected chi connectivity index (χ0v) is 9.60. The molecule has 0 amide bonds. The summed E-state index contributed by atoms with van der Waals surface area (Å²) in [5.41, 5.74) is 6.59. The first kappa shape index (κ1) is 9.97. The first-order valence-corrected chi connectivity index (χ1v) is 5.54. The van der Waals surface area contributed by atoms with E-state index in [1.807, 2.05) is 24.3 Å². The van der Waals surface area contributed by atoms with Gasteiger partial charge in [-0.15, -0.1) is 0 Å². The molecule has 0 heterocycles. The molecule has 0 aliphatic heterocycles. The molecule has 0 spiro atoms. The molecule has 0 atom stereocenters. The minimum Gasteiger partial charge on any atom is -0.495 e. The van der Waals surface area contributed by atoms with Gasteiger partial charge in [0.2, 0.25) is 0 Å². The lowest BCUT2D eigenvalue weighted by Crippen LogP contribution is -1.92. The molecule has 2 N–H and O–H groups in total. The third kappa shape index (κ3) is 1.58. The Morgan fingerprint density at radius 2 is 1.41 bits per heavy atom. The smallest absolute Gasteiger partial charge is 0.142 e. The molecule has 0 aromatic heterocycles. The molecule has 0 fully saturated rings. The van der Waals surface area contributed by atoms with Crippen LogP contribution in [0.1, 0.15) is 0 Å². The fraction of sp³-hybridized carbons (Fsp3) is 0.0667. The van der Waals surface area contributed by atoms with Gasteiger partial charge in [-0.05, 0) is 45.8 Å². The fourth-order valence-corrected chi connectivity index (χ4v) is 2.17. The van der Waals surface area contributed by atoms with Crippen LogP contribution in [0.3, 0.4) is 0 Å². The second-order valence-corrected chi connectivity index (χ2v) is 4.14. The maximum absolute atomic E-state index is 5.92. The molecule has 3 rings (SSSR count). The highest BCUT2D eigenvalue weighted by atomic mass is 16.5. The van der Waals surface area contributed by atoms with E-state index in [0.717, 1.165) is 16.5 Å². The first-order chi connectivity index (χ1) is 8.28. The Bertz CT molecular complexity index is 704. The highest BCUT2D eigenvalue weighted by molar-refractivity contribution is 6.00. The Morgan fingerprint density at radius 1 is 0.824 bits per heavy atom. The van der Waals surface area contributed by atoms with E-state index in [9.17, 15) is 0 Å². The maximum Gasteiger partial charge on any atom is 0.142 e. The summed E-state index contributed by atoms with van der Waals surface area (Å²) in [4.78, 5) is 0. The standard InChI is InChI=1S/C15H13NO/c1-17-15-9-13-7-11-5-3-2-4-10(11)6-12(13)8-14(15)16/h2-9H,16H2,1H3. The number of rotatable bonds is 1. The second kappa shape index (κ2) is 3.67. The van der Waals surface area contributed by atoms with Crippen molar-refractivity contribution in [2.45, 2.75) is 0 Å². The Hall–Kier alpha value is -2.22. The lowest BCUT2D eigenvalue weighted by atomic mass is 10.0. The molecule has 84 valence electrons. The fourth-order valence-electron chi connectivity index (χ4n) is 2.17. The number of fused-ring (bicyclic) bond motifs is 2. The summed E-state index contributed by atoms with van der Waals surface area (Å²) in [5, 5.41) is 4.74. The van der Waals surface area contributed by atoms with Gasteiger partial charge in [-0.25, -0.2) is 0 Å². The van der Waals surface area contributed by atoms with E-state index in [1.165, 1.54) is 10.8 Å². The third-order valence-electron chi connectivity index (χ3n) is 3.05. The Morgan fingerprint density at radius 3 is 2.00 bits per heavy atom. The Kier molecular flexibility index (Phi) is 2.15. The van der Waals surface area contributed by atoms with Crippen molar-refractivity contribution in [1.29, 1.82) is 0 Å². The van der Waals surface area contributed by atoms with Gasteiger partial charge in [0.15, 0.2) is 0 Å². The lowest BCUT2D eigenvalue weighted by molar-refractivity contribution is 0.417. The van der Waals surface area contributed by atoms with E-state index in [1.54, 1.807) is 7.11 Å². The molecular weight excluding hydrogens is 210 g/mol. The summed E-state index contributed by atoms with van der Waals surface area (Å²) >= 11 is 0. The van der Waals surface area contributed by atoms with Crippen molar-refractivity contribution in [3.8, 4) is 5.75 Å². The summed E-state index contributed by atoms with van der Waals surface area (Å²) < 4.78 is 5.24. The van der Waals surface area contributed by atoms with E-state index in [-0.39, 0.29) is 0 Å². The molecule has 17 heavy (non-hydrogen) atoms. The topological polar surface area (TPSA) is 35.2 Å². The van der Waals surface area contributed by atoms with Gasteiger partial charge in [0.05, 0.1) is 12.8 Å². The molecule has 0 saturated heterocycles. The predicted molar refractivity (Wildman–Crippen MR) is 72.4 cm³/mol. The highest BCUT2D eigenvalue weighted by Gasteiger charge is 2.03. The minimum atomic E-state index is 0.676. The van der Waals surface area contributed by atoms with Crippen LogP contribution in [0.4, 0.5) is 5.69 Å². The largest absolute Gasteiger partial charge is 0.495 e. The zero-order valence-electron chi connectivity index (χ0n) is 9.60. The molecule has 0 aliphatic carbocycles. The number of methoxy groups -OCH3 is 1. The molecule has 0 unspecified atom stereocenters. The SMILES string of the molecule is COc1cc2cc3ccccc3cc2cc1N. The van der Waals surface area contributed by atoms with Crippen molar-refractivity contribution < 1.29 is 4.74 Å². The van der Waals surface area contributed by atoms with Crippen LogP contribution >= 0.6 is 0 Å². The minimum absolute atomic E-state index is 0.676. The molecular formula is C15H13NO. The van der Waals surface area contributed by atoms with Crippen LogP contribution in [0, 0.1) is 0 Å². The van der Waals surface area contributed by atoms with Crippen LogP contribution in [0.15, 0.2) is 48.5 Å². The van der Waals surface area contributed by atoms with Gasteiger partial charge in [0, 0.05) is 0 Å². The molecule has 3 aromatic carbocycles. The number of anilines is 1. The highest BCUT2D eigenvalue weighted by Crippen LogP contribution is 2.30. The van der Waals surface area contributed by atoms with Gasteiger partial charge < -0.3 is 10.5 Å². The second-order valence-electron chi connectivity index (χ2n) is 4.14. The summed E-state index contributed by atoms with van der Waals surface area (Å²) in [6.45, 7) is 0. The number of hydrogen-bond acceptors (Lipinski definition) is 2. The molecule has 0 saturated carbocycles. The average molecular weight is 223 g/mol. The van der Waals surface area contributed by atoms with Gasteiger partial charge in [0.25, 0.3) is 0 Å². The van der Waals surface area contributed by atoms with Gasteiger partial charge in [-0.3, -0.25) is 0 Å². The lowest BCUT2D eigenvalue weighted by Gasteiger charge is -2.08. The van der Waals surface area contributed by atoms with E-state index in [4.69, 9.17) is 10.5 Å². The van der Waals surface area contributed by atoms with Gasteiger partial charge in [0.1, 0.15) is 5.75 Å². The van der Waals surface area contributed by atoms with Gasteiger partial charge >= 0.3 is 0 Å². The number of ether oxygens (including phenoxy) is 1. The summed E-state index contributed by atoms with van der Waals surface area (Å²) in [7, 11) is 1.64. The molecule has 0 bridgehead atoms. The molecule has 2 nitrogen and oxygen atoms in total. The number of nitrogen functional groups attached to an aromatic ring is 1. The molecule has 0 radical (unpaired) electrons. The number of benzene rings is 3. The van der Waals surface area contributed by atoms with Crippen molar-refractivity contribution in [2.75, 3.05) is 12.8 Å². The van der Waals surface area contributed by atoms with E-state index >= 15 is 0 Å². The number of hydrogen-bond donors (Lipinski definition) is 1. The average Bonchev–Trinajstić information content (AvgIpc) is 2.35. The van der Waals surface area contributed by atoms with Crippen molar-refractivity contribution in [3.05, 3.63) is 48.5 Å². The van der Waals surface area contributed by atoms with Crippen molar-refractivity contribution in [1.82, 2.24) is 0 Å². The third-order valence-corrected chi connectivity index (χ3v) is 3.05. The molecule has 0 aliphatic rings. The summed E-state index contributed by atoms with van der Waals surface area (Å²) in [6.07, 6.45) is 0. The van der Waals surface area contributed by atoms with Crippen LogP contribution in [-0.4, -0.2) is 7.11 Å². The van der Waals surface area contributed by atoms with Crippen LogP contribution < -0.4 is 10.5 Å². The van der Waals surface area contributed by atoms with Crippen LogP contribution in [-0.2, 0) is 0 Å². The Labute approximate surface area is 99.6 Å². The van der Waals surface area contributed by atoms with E-state index in [2.05, 4.69) is 24.3 Å². The molecule has 2 heteroatoms. The predicted octanol–water partition coefficient (Wildman–Crippen LogP) is 3.58. The number of nitrogens with two attached hydrogens (primary N) is 1. The van der Waals surface area contributed by atoms with E-state index < -0.39 is 0 Å². The monoisotopic (exact) mass is 223 g/mol.